The number of methoxy groups -OCH3 is 2. The monoisotopic (exact) mass is 315 g/mol. The number of hydrogen-bond donors (Lipinski definition) is 0. The van der Waals surface area contributed by atoms with E-state index in [1.54, 1.807) is 25.4 Å². The molecule has 4 heteroatoms. The summed E-state index contributed by atoms with van der Waals surface area (Å²) < 4.78 is 10.6. The molecule has 1 saturated carbocycles. The molecule has 1 aliphatic carbocycles. The maximum atomic E-state index is 12.4. The zero-order valence-corrected chi connectivity index (χ0v) is 14.1. The van der Waals surface area contributed by atoms with E-state index in [-0.39, 0.29) is 5.91 Å². The molecule has 1 amide bonds. The molecule has 0 unspecified atom stereocenters. The van der Waals surface area contributed by atoms with Crippen LogP contribution >= 0.6 is 0 Å². The predicted octanol–water partition coefficient (Wildman–Crippen LogP) is 3.35. The lowest BCUT2D eigenvalue weighted by atomic mass is 10.0. The number of amides is 1. The van der Waals surface area contributed by atoms with E-state index in [9.17, 15) is 4.79 Å². The predicted molar refractivity (Wildman–Crippen MR) is 89.9 cm³/mol. The molecule has 1 heterocycles. The quantitative estimate of drug-likeness (QED) is 0.782. The summed E-state index contributed by atoms with van der Waals surface area (Å²) in [5.74, 6) is 1.81. The third kappa shape index (κ3) is 3.87. The van der Waals surface area contributed by atoms with Gasteiger partial charge in [0, 0.05) is 25.6 Å². The Morgan fingerprint density at radius 3 is 2.35 bits per heavy atom. The van der Waals surface area contributed by atoms with Crippen LogP contribution in [0.5, 0.6) is 11.5 Å². The van der Waals surface area contributed by atoms with Gasteiger partial charge in [-0.2, -0.15) is 0 Å². The molecule has 0 spiro atoms. The minimum absolute atomic E-state index is 0.253. The number of piperidine rings is 1. The van der Waals surface area contributed by atoms with Crippen molar-refractivity contribution < 1.29 is 14.3 Å². The normalized spacial score (nSPS) is 17.2. The Balaban J connectivity index is 1.54. The summed E-state index contributed by atoms with van der Waals surface area (Å²) in [4.78, 5) is 14.4. The Morgan fingerprint density at radius 2 is 1.74 bits per heavy atom. The van der Waals surface area contributed by atoms with E-state index in [0.717, 1.165) is 43.0 Å². The number of nitrogens with zero attached hydrogens (tertiary/aromatic N) is 1. The Hall–Kier alpha value is -1.97. The first-order chi connectivity index (χ1) is 11.2. The van der Waals surface area contributed by atoms with E-state index in [0.29, 0.717) is 12.8 Å². The van der Waals surface area contributed by atoms with E-state index in [2.05, 4.69) is 0 Å². The number of rotatable bonds is 5. The molecule has 4 nitrogen and oxygen atoms in total. The van der Waals surface area contributed by atoms with Crippen molar-refractivity contribution in [2.45, 2.75) is 38.5 Å². The van der Waals surface area contributed by atoms with Crippen LogP contribution in [-0.4, -0.2) is 38.1 Å². The van der Waals surface area contributed by atoms with Crippen LogP contribution in [0.3, 0.4) is 0 Å². The van der Waals surface area contributed by atoms with E-state index >= 15 is 0 Å². The van der Waals surface area contributed by atoms with Crippen LogP contribution in [0.1, 0.15) is 37.7 Å². The molecule has 124 valence electrons. The van der Waals surface area contributed by atoms with Gasteiger partial charge in [0.1, 0.15) is 11.5 Å². The van der Waals surface area contributed by atoms with Gasteiger partial charge in [0.25, 0.3) is 0 Å². The molecular weight excluding hydrogens is 290 g/mol. The van der Waals surface area contributed by atoms with Gasteiger partial charge in [0.2, 0.25) is 5.91 Å². The van der Waals surface area contributed by atoms with Crippen molar-refractivity contribution in [2.24, 2.45) is 0 Å². The second kappa shape index (κ2) is 7.07. The standard InChI is InChI=1S/C19H25NO3/c1-22-17-7-5-16(18(13-17)23-2)6-8-19(21)20-11-9-15(10-12-20)14-3-4-14/h5,7,13H,3-4,6,8-12H2,1-2H3. The molecule has 0 radical (unpaired) electrons. The van der Waals surface area contributed by atoms with Gasteiger partial charge < -0.3 is 14.4 Å². The van der Waals surface area contributed by atoms with Crippen LogP contribution in [0.2, 0.25) is 0 Å². The number of likely N-dealkylation sites (tertiary alicyclic amines) is 1. The van der Waals surface area contributed by atoms with Crippen molar-refractivity contribution >= 4 is 5.91 Å². The second-order valence-corrected chi connectivity index (χ2v) is 6.27. The fourth-order valence-electron chi connectivity index (χ4n) is 3.25. The Bertz CT molecular complexity index is 605. The average molecular weight is 315 g/mol. The smallest absolute Gasteiger partial charge is 0.222 e. The van der Waals surface area contributed by atoms with Gasteiger partial charge in [-0.3, -0.25) is 4.79 Å². The Morgan fingerprint density at radius 1 is 1.04 bits per heavy atom. The number of ether oxygens (including phenoxy) is 2. The van der Waals surface area contributed by atoms with Crippen LogP contribution in [0.15, 0.2) is 29.3 Å². The van der Waals surface area contributed by atoms with Crippen molar-refractivity contribution in [1.82, 2.24) is 4.90 Å². The van der Waals surface area contributed by atoms with Gasteiger partial charge in [0.05, 0.1) is 14.2 Å². The van der Waals surface area contributed by atoms with Crippen LogP contribution in [0.25, 0.3) is 0 Å². The van der Waals surface area contributed by atoms with Gasteiger partial charge in [0.15, 0.2) is 0 Å². The molecule has 3 rings (SSSR count). The van der Waals surface area contributed by atoms with E-state index in [1.165, 1.54) is 12.8 Å². The summed E-state index contributed by atoms with van der Waals surface area (Å²) in [7, 11) is 3.29. The molecule has 0 atom stereocenters. The number of hydrogen-bond acceptors (Lipinski definition) is 3. The molecule has 2 fully saturated rings. The highest BCUT2D eigenvalue weighted by Crippen LogP contribution is 2.36. The summed E-state index contributed by atoms with van der Waals surface area (Å²) in [5.41, 5.74) is 4.32. The zero-order valence-electron chi connectivity index (χ0n) is 14.1. The van der Waals surface area contributed by atoms with E-state index in [4.69, 9.17) is 9.47 Å². The Labute approximate surface area is 138 Å². The largest absolute Gasteiger partial charge is 0.497 e. The highest BCUT2D eigenvalue weighted by molar-refractivity contribution is 5.76. The molecule has 0 bridgehead atoms. The zero-order chi connectivity index (χ0) is 16.2. The van der Waals surface area contributed by atoms with Gasteiger partial charge >= 0.3 is 0 Å². The molecule has 1 aliphatic heterocycles. The van der Waals surface area contributed by atoms with Gasteiger partial charge in [-0.15, -0.1) is 0 Å². The van der Waals surface area contributed by atoms with Crippen molar-refractivity contribution in [3.8, 4) is 11.5 Å². The van der Waals surface area contributed by atoms with Gasteiger partial charge in [-0.1, -0.05) is 17.2 Å². The van der Waals surface area contributed by atoms with Gasteiger partial charge in [-0.05, 0) is 43.7 Å². The average Bonchev–Trinajstić information content (AvgIpc) is 3.44. The number of aryl methyl sites for hydroxylation is 1. The molecule has 1 saturated heterocycles. The topological polar surface area (TPSA) is 38.8 Å². The lowest BCUT2D eigenvalue weighted by Gasteiger charge is -2.28. The first kappa shape index (κ1) is 15.9. The van der Waals surface area contributed by atoms with Crippen LogP contribution in [-0.2, 0) is 11.2 Å². The highest BCUT2D eigenvalue weighted by Gasteiger charge is 2.24. The minimum Gasteiger partial charge on any atom is -0.497 e. The van der Waals surface area contributed by atoms with Crippen molar-refractivity contribution in [3.63, 3.8) is 0 Å². The number of carbonyl (C=O) groups is 1. The molecule has 1 aromatic rings. The van der Waals surface area contributed by atoms with Crippen LogP contribution in [0.4, 0.5) is 0 Å². The number of allylic oxidation sites excluding steroid dienone is 1. The lowest BCUT2D eigenvalue weighted by Crippen LogP contribution is -2.36. The first-order valence-electron chi connectivity index (χ1n) is 8.39. The minimum atomic E-state index is 0.253. The third-order valence-corrected chi connectivity index (χ3v) is 4.82. The van der Waals surface area contributed by atoms with Crippen molar-refractivity contribution in [3.05, 3.63) is 34.9 Å². The van der Waals surface area contributed by atoms with Gasteiger partial charge in [-0.25, -0.2) is 0 Å². The second-order valence-electron chi connectivity index (χ2n) is 6.27. The summed E-state index contributed by atoms with van der Waals surface area (Å²) in [6.07, 6.45) is 5.98. The fourth-order valence-corrected chi connectivity index (χ4v) is 3.25. The highest BCUT2D eigenvalue weighted by atomic mass is 16.5. The SMILES string of the molecule is COc1ccc(CCC(=O)N2CCC(=C3CC3)CC2)c(OC)c1. The molecule has 23 heavy (non-hydrogen) atoms. The molecular formula is C19H25NO3. The third-order valence-electron chi connectivity index (χ3n) is 4.82. The lowest BCUT2D eigenvalue weighted by molar-refractivity contribution is -0.131. The summed E-state index contributed by atoms with van der Waals surface area (Å²) >= 11 is 0. The number of benzene rings is 1. The van der Waals surface area contributed by atoms with E-state index < -0.39 is 0 Å². The summed E-state index contributed by atoms with van der Waals surface area (Å²) in [6.45, 7) is 1.77. The number of carbonyl (C=O) groups excluding carboxylic acids is 1. The fraction of sp³-hybridized carbons (Fsp3) is 0.526. The summed E-state index contributed by atoms with van der Waals surface area (Å²) in [5, 5.41) is 0. The summed E-state index contributed by atoms with van der Waals surface area (Å²) in [6, 6.07) is 5.77. The Kier molecular flexibility index (Phi) is 4.89. The molecule has 2 aliphatic rings. The van der Waals surface area contributed by atoms with Crippen molar-refractivity contribution in [2.75, 3.05) is 27.3 Å². The molecule has 0 N–H and O–H groups in total. The first-order valence-corrected chi connectivity index (χ1v) is 8.39. The molecule has 1 aromatic carbocycles. The molecule has 0 aromatic heterocycles. The maximum absolute atomic E-state index is 12.4. The van der Waals surface area contributed by atoms with Crippen molar-refractivity contribution in [1.29, 1.82) is 0 Å². The van der Waals surface area contributed by atoms with E-state index in [1.807, 2.05) is 23.1 Å². The maximum Gasteiger partial charge on any atom is 0.222 e. The van der Waals surface area contributed by atoms with Crippen LogP contribution < -0.4 is 9.47 Å². The van der Waals surface area contributed by atoms with Crippen LogP contribution in [0, 0.1) is 0 Å².